The first kappa shape index (κ1) is 15.9. The summed E-state index contributed by atoms with van der Waals surface area (Å²) in [6, 6.07) is 15.9. The summed E-state index contributed by atoms with van der Waals surface area (Å²) in [5.74, 6) is 2.54. The predicted molar refractivity (Wildman–Crippen MR) is 97.1 cm³/mol. The van der Waals surface area contributed by atoms with Crippen LogP contribution >= 0.6 is 0 Å². The number of ether oxygens (including phenoxy) is 2. The summed E-state index contributed by atoms with van der Waals surface area (Å²) in [4.78, 5) is 7.70. The Morgan fingerprint density at radius 1 is 0.958 bits per heavy atom. The van der Waals surface area contributed by atoms with E-state index in [1.54, 1.807) is 7.11 Å². The van der Waals surface area contributed by atoms with Crippen molar-refractivity contribution in [1.29, 1.82) is 0 Å². The van der Waals surface area contributed by atoms with Crippen molar-refractivity contribution < 1.29 is 9.47 Å². The predicted octanol–water partition coefficient (Wildman–Crippen LogP) is 4.65. The maximum absolute atomic E-state index is 5.44. The highest BCUT2D eigenvalue weighted by Crippen LogP contribution is 2.21. The largest absolute Gasteiger partial charge is 0.497 e. The van der Waals surface area contributed by atoms with Gasteiger partial charge in [0.05, 0.1) is 25.6 Å². The molecule has 0 bridgehead atoms. The van der Waals surface area contributed by atoms with Gasteiger partial charge < -0.3 is 14.5 Å². The number of rotatable bonds is 6. The third-order valence-electron chi connectivity index (χ3n) is 3.62. The second-order valence-corrected chi connectivity index (χ2v) is 5.25. The Hall–Kier alpha value is -3.01. The third kappa shape index (κ3) is 3.84. The summed E-state index contributed by atoms with van der Waals surface area (Å²) in [5, 5.41) is 0. The number of methoxy groups -OCH3 is 1. The van der Waals surface area contributed by atoms with Crippen LogP contribution in [0.4, 0.5) is 0 Å². The number of aromatic nitrogens is 2. The molecule has 0 unspecified atom stereocenters. The summed E-state index contributed by atoms with van der Waals surface area (Å²) >= 11 is 0. The molecule has 0 fully saturated rings. The van der Waals surface area contributed by atoms with Crippen LogP contribution in [0, 0.1) is 0 Å². The molecule has 1 heterocycles. The molecule has 0 aliphatic carbocycles. The van der Waals surface area contributed by atoms with E-state index >= 15 is 0 Å². The number of benzene rings is 2. The van der Waals surface area contributed by atoms with Crippen LogP contribution in [0.5, 0.6) is 11.5 Å². The van der Waals surface area contributed by atoms with Crippen LogP contribution in [0.1, 0.15) is 18.3 Å². The molecule has 0 radical (unpaired) electrons. The van der Waals surface area contributed by atoms with E-state index in [9.17, 15) is 0 Å². The molecule has 0 aliphatic rings. The van der Waals surface area contributed by atoms with Gasteiger partial charge in [0.1, 0.15) is 17.3 Å². The molecule has 122 valence electrons. The van der Waals surface area contributed by atoms with Crippen molar-refractivity contribution in [2.24, 2.45) is 0 Å². The lowest BCUT2D eigenvalue weighted by molar-refractivity contribution is 0.340. The molecule has 0 aliphatic heterocycles. The van der Waals surface area contributed by atoms with E-state index in [4.69, 9.17) is 9.47 Å². The molecule has 4 nitrogen and oxygen atoms in total. The lowest BCUT2D eigenvalue weighted by Crippen LogP contribution is -1.90. The smallest absolute Gasteiger partial charge is 0.130 e. The van der Waals surface area contributed by atoms with Crippen molar-refractivity contribution in [2.45, 2.75) is 6.92 Å². The molecular weight excluding hydrogens is 300 g/mol. The van der Waals surface area contributed by atoms with E-state index in [0.717, 1.165) is 34.1 Å². The molecule has 0 saturated carbocycles. The van der Waals surface area contributed by atoms with Crippen LogP contribution in [0.25, 0.3) is 23.4 Å². The van der Waals surface area contributed by atoms with Gasteiger partial charge in [-0.15, -0.1) is 0 Å². The van der Waals surface area contributed by atoms with Gasteiger partial charge in [0.25, 0.3) is 0 Å². The molecule has 24 heavy (non-hydrogen) atoms. The third-order valence-corrected chi connectivity index (χ3v) is 3.62. The summed E-state index contributed by atoms with van der Waals surface area (Å²) in [6.07, 6.45) is 5.81. The molecule has 0 spiro atoms. The van der Waals surface area contributed by atoms with E-state index in [0.29, 0.717) is 6.61 Å². The Kier molecular flexibility index (Phi) is 4.96. The van der Waals surface area contributed by atoms with Gasteiger partial charge in [-0.3, -0.25) is 0 Å². The van der Waals surface area contributed by atoms with Crippen LogP contribution in [-0.2, 0) is 0 Å². The molecule has 0 saturated heterocycles. The molecule has 0 atom stereocenters. The summed E-state index contributed by atoms with van der Waals surface area (Å²) in [5.41, 5.74) is 3.15. The average Bonchev–Trinajstić information content (AvgIpc) is 3.10. The van der Waals surface area contributed by atoms with Crippen molar-refractivity contribution in [3.8, 4) is 22.8 Å². The van der Waals surface area contributed by atoms with E-state index in [1.807, 2.05) is 73.8 Å². The zero-order valence-electron chi connectivity index (χ0n) is 13.8. The maximum atomic E-state index is 5.44. The number of nitrogens with one attached hydrogen (secondary N) is 1. The van der Waals surface area contributed by atoms with Crippen molar-refractivity contribution >= 4 is 12.2 Å². The van der Waals surface area contributed by atoms with Gasteiger partial charge in [-0.25, -0.2) is 4.98 Å². The normalized spacial score (nSPS) is 10.9. The van der Waals surface area contributed by atoms with Crippen LogP contribution in [-0.4, -0.2) is 23.7 Å². The number of hydrogen-bond acceptors (Lipinski definition) is 3. The van der Waals surface area contributed by atoms with Gasteiger partial charge in [-0.05, 0) is 60.5 Å². The molecule has 1 N–H and O–H groups in total. The maximum Gasteiger partial charge on any atom is 0.130 e. The quantitative estimate of drug-likeness (QED) is 0.719. The minimum atomic E-state index is 0.676. The zero-order valence-corrected chi connectivity index (χ0v) is 13.8. The van der Waals surface area contributed by atoms with Crippen LogP contribution in [0.2, 0.25) is 0 Å². The minimum Gasteiger partial charge on any atom is -0.497 e. The second-order valence-electron chi connectivity index (χ2n) is 5.25. The minimum absolute atomic E-state index is 0.676. The summed E-state index contributed by atoms with van der Waals surface area (Å²) in [7, 11) is 1.66. The van der Waals surface area contributed by atoms with E-state index in [2.05, 4.69) is 9.97 Å². The molecular formula is C20H20N2O2. The first-order valence-corrected chi connectivity index (χ1v) is 7.89. The van der Waals surface area contributed by atoms with Gasteiger partial charge in [0.15, 0.2) is 0 Å². The molecule has 1 aromatic heterocycles. The van der Waals surface area contributed by atoms with Crippen LogP contribution in [0.3, 0.4) is 0 Å². The van der Waals surface area contributed by atoms with Gasteiger partial charge in [0, 0.05) is 0 Å². The van der Waals surface area contributed by atoms with Gasteiger partial charge >= 0.3 is 0 Å². The Bertz CT molecular complexity index is 802. The van der Waals surface area contributed by atoms with Gasteiger partial charge in [-0.2, -0.15) is 0 Å². The van der Waals surface area contributed by atoms with Crippen molar-refractivity contribution in [1.82, 2.24) is 9.97 Å². The van der Waals surface area contributed by atoms with Crippen molar-refractivity contribution in [3.05, 3.63) is 66.1 Å². The molecule has 3 aromatic rings. The number of nitrogens with zero attached hydrogens (tertiary/aromatic N) is 1. The molecule has 0 amide bonds. The molecule has 2 aromatic carbocycles. The molecule has 3 rings (SSSR count). The Balaban J connectivity index is 1.70. The number of H-pyrrole nitrogens is 1. The molecule has 4 heteroatoms. The van der Waals surface area contributed by atoms with Crippen LogP contribution in [0.15, 0.2) is 54.7 Å². The summed E-state index contributed by atoms with van der Waals surface area (Å²) in [6.45, 7) is 2.65. The van der Waals surface area contributed by atoms with E-state index in [1.165, 1.54) is 0 Å². The summed E-state index contributed by atoms with van der Waals surface area (Å²) < 4.78 is 10.6. The van der Waals surface area contributed by atoms with Gasteiger partial charge in [0.2, 0.25) is 0 Å². The van der Waals surface area contributed by atoms with E-state index < -0.39 is 0 Å². The fourth-order valence-electron chi connectivity index (χ4n) is 2.36. The first-order valence-electron chi connectivity index (χ1n) is 7.89. The highest BCUT2D eigenvalue weighted by atomic mass is 16.5. The fourth-order valence-corrected chi connectivity index (χ4v) is 2.36. The highest BCUT2D eigenvalue weighted by Gasteiger charge is 2.02. The topological polar surface area (TPSA) is 47.1 Å². The lowest BCUT2D eigenvalue weighted by Gasteiger charge is -2.02. The van der Waals surface area contributed by atoms with Crippen molar-refractivity contribution in [3.63, 3.8) is 0 Å². The van der Waals surface area contributed by atoms with Gasteiger partial charge in [-0.1, -0.05) is 18.2 Å². The van der Waals surface area contributed by atoms with Crippen LogP contribution < -0.4 is 9.47 Å². The Morgan fingerprint density at radius 3 is 2.33 bits per heavy atom. The zero-order chi connectivity index (χ0) is 16.8. The second kappa shape index (κ2) is 7.51. The van der Waals surface area contributed by atoms with Crippen molar-refractivity contribution in [2.75, 3.05) is 13.7 Å². The lowest BCUT2D eigenvalue weighted by atomic mass is 10.2. The number of imidazole rings is 1. The average molecular weight is 320 g/mol. The Morgan fingerprint density at radius 2 is 1.67 bits per heavy atom. The number of aromatic amines is 1. The monoisotopic (exact) mass is 320 g/mol. The first-order chi connectivity index (χ1) is 11.8. The fraction of sp³-hybridized carbons (Fsp3) is 0.150. The Labute approximate surface area is 141 Å². The number of hydrogen-bond donors (Lipinski definition) is 1. The van der Waals surface area contributed by atoms with E-state index in [-0.39, 0.29) is 0 Å². The highest BCUT2D eigenvalue weighted by molar-refractivity contribution is 5.69. The standard InChI is InChI=1S/C20H20N2O2/c1-3-24-18-9-4-15(5-10-18)6-13-20-21-14-19(22-20)16-7-11-17(23-2)12-8-16/h4-14H,3H2,1-2H3,(H,21,22)/b13-6+. The SMILES string of the molecule is CCOc1ccc(/C=C/c2ncc(-c3ccc(OC)cc3)[nH]2)cc1.